The molecule has 3 heterocycles. The van der Waals surface area contributed by atoms with Crippen molar-refractivity contribution < 1.29 is 0 Å². The summed E-state index contributed by atoms with van der Waals surface area (Å²) in [5, 5.41) is 0.800. The van der Waals surface area contributed by atoms with Gasteiger partial charge in [0, 0.05) is 4.90 Å². The molecule has 0 aliphatic heterocycles. The summed E-state index contributed by atoms with van der Waals surface area (Å²) in [6.07, 6.45) is 3.11. The van der Waals surface area contributed by atoms with E-state index < -0.39 is 0 Å². The zero-order chi connectivity index (χ0) is 13.5. The second-order valence-electron chi connectivity index (χ2n) is 4.06. The van der Waals surface area contributed by atoms with Crippen molar-refractivity contribution >= 4 is 50.2 Å². The van der Waals surface area contributed by atoms with Crippen LogP contribution in [0.15, 0.2) is 40.2 Å². The van der Waals surface area contributed by atoms with Crippen molar-refractivity contribution in [2.45, 2.75) is 9.92 Å². The number of nitrogens with one attached hydrogen (secondary N) is 1. The summed E-state index contributed by atoms with van der Waals surface area (Å²) < 4.78 is 1.08. The van der Waals surface area contributed by atoms with Gasteiger partial charge in [-0.3, -0.25) is 0 Å². The van der Waals surface area contributed by atoms with E-state index in [1.54, 1.807) is 23.2 Å². The smallest absolute Gasteiger partial charge is 0.181 e. The Hall–Kier alpha value is -2.19. The topological polar surface area (TPSA) is 93.4 Å². The third-order valence-electron chi connectivity index (χ3n) is 2.90. The fourth-order valence-electron chi connectivity index (χ4n) is 1.95. The van der Waals surface area contributed by atoms with Gasteiger partial charge >= 0.3 is 0 Å². The molecule has 98 valence electrons. The highest BCUT2D eigenvalue weighted by molar-refractivity contribution is 7.99. The van der Waals surface area contributed by atoms with E-state index in [1.807, 2.05) is 12.1 Å². The number of nitrogens with two attached hydrogens (primary N) is 1. The molecule has 0 bridgehead atoms. The normalized spacial score (nSPS) is 11.4. The van der Waals surface area contributed by atoms with Gasteiger partial charge in [0.25, 0.3) is 0 Å². The van der Waals surface area contributed by atoms with Crippen LogP contribution < -0.4 is 5.73 Å². The van der Waals surface area contributed by atoms with Gasteiger partial charge in [-0.25, -0.2) is 19.9 Å². The Labute approximate surface area is 121 Å². The summed E-state index contributed by atoms with van der Waals surface area (Å²) in [7, 11) is 0. The summed E-state index contributed by atoms with van der Waals surface area (Å²) >= 11 is 3.06. The lowest BCUT2D eigenvalue weighted by molar-refractivity contribution is 1.08. The third-order valence-corrected chi connectivity index (χ3v) is 4.77. The Bertz CT molecular complexity index is 913. The summed E-state index contributed by atoms with van der Waals surface area (Å²) in [4.78, 5) is 20.8. The zero-order valence-corrected chi connectivity index (χ0v) is 11.7. The first-order valence-electron chi connectivity index (χ1n) is 5.76. The van der Waals surface area contributed by atoms with E-state index in [2.05, 4.69) is 24.9 Å². The van der Waals surface area contributed by atoms with Gasteiger partial charge in [0.15, 0.2) is 5.65 Å². The van der Waals surface area contributed by atoms with Crippen LogP contribution in [0, 0.1) is 0 Å². The predicted molar refractivity (Wildman–Crippen MR) is 79.8 cm³/mol. The Morgan fingerprint density at radius 1 is 1.15 bits per heavy atom. The van der Waals surface area contributed by atoms with E-state index in [0.29, 0.717) is 11.3 Å². The van der Waals surface area contributed by atoms with Gasteiger partial charge in [0.2, 0.25) is 0 Å². The lowest BCUT2D eigenvalue weighted by atomic mass is 10.3. The van der Waals surface area contributed by atoms with E-state index in [0.717, 1.165) is 25.7 Å². The molecule has 0 atom stereocenters. The average molecular weight is 300 g/mol. The van der Waals surface area contributed by atoms with Gasteiger partial charge in [-0.15, -0.1) is 11.3 Å². The molecule has 3 aromatic heterocycles. The Morgan fingerprint density at radius 2 is 2.10 bits per heavy atom. The fourth-order valence-corrected chi connectivity index (χ4v) is 3.54. The first-order chi connectivity index (χ1) is 9.83. The monoisotopic (exact) mass is 300 g/mol. The largest absolute Gasteiger partial charge is 0.396 e. The number of nitrogen functional groups attached to an aromatic ring is 1. The first kappa shape index (κ1) is 11.6. The van der Waals surface area contributed by atoms with E-state index in [-0.39, 0.29) is 0 Å². The molecular weight excluding hydrogens is 292 g/mol. The lowest BCUT2D eigenvalue weighted by Gasteiger charge is -2.05. The van der Waals surface area contributed by atoms with Gasteiger partial charge < -0.3 is 10.7 Å². The average Bonchev–Trinajstić information content (AvgIpc) is 3.10. The Balaban J connectivity index is 1.84. The molecule has 0 saturated heterocycles. The molecule has 6 nitrogen and oxygen atoms in total. The van der Waals surface area contributed by atoms with E-state index in [9.17, 15) is 0 Å². The highest BCUT2D eigenvalue weighted by Crippen LogP contribution is 2.37. The van der Waals surface area contributed by atoms with Crippen molar-refractivity contribution in [3.05, 3.63) is 30.3 Å². The zero-order valence-electron chi connectivity index (χ0n) is 10.1. The molecule has 1 aromatic carbocycles. The van der Waals surface area contributed by atoms with Crippen LogP contribution in [0.4, 0.5) is 5.69 Å². The molecule has 0 aliphatic rings. The molecule has 20 heavy (non-hydrogen) atoms. The molecule has 0 fully saturated rings. The highest BCUT2D eigenvalue weighted by atomic mass is 32.2. The quantitative estimate of drug-likeness (QED) is 0.437. The first-order valence-corrected chi connectivity index (χ1v) is 7.46. The van der Waals surface area contributed by atoms with Gasteiger partial charge in [0.05, 0.1) is 22.2 Å². The molecule has 4 rings (SSSR count). The summed E-state index contributed by atoms with van der Waals surface area (Å²) in [6, 6.07) is 4.02. The third kappa shape index (κ3) is 1.73. The van der Waals surface area contributed by atoms with Gasteiger partial charge in [0.1, 0.15) is 22.4 Å². The number of hydrogen-bond acceptors (Lipinski definition) is 7. The molecule has 0 aliphatic carbocycles. The van der Waals surface area contributed by atoms with Crippen molar-refractivity contribution in [1.29, 1.82) is 0 Å². The minimum atomic E-state index is 0.649. The lowest BCUT2D eigenvalue weighted by Crippen LogP contribution is -1.92. The van der Waals surface area contributed by atoms with Gasteiger partial charge in [-0.05, 0) is 12.1 Å². The van der Waals surface area contributed by atoms with E-state index in [1.165, 1.54) is 18.1 Å². The summed E-state index contributed by atoms with van der Waals surface area (Å²) in [5.41, 5.74) is 11.0. The maximum atomic E-state index is 6.18. The van der Waals surface area contributed by atoms with E-state index >= 15 is 0 Å². The number of fused-ring (bicyclic) bond motifs is 2. The molecule has 0 radical (unpaired) electrons. The number of hydrogen-bond donors (Lipinski definition) is 2. The predicted octanol–water partition coefficient (Wildman–Crippen LogP) is 2.70. The van der Waals surface area contributed by atoms with Crippen molar-refractivity contribution in [3.63, 3.8) is 0 Å². The van der Waals surface area contributed by atoms with Crippen LogP contribution in [0.25, 0.3) is 21.4 Å². The minimum Gasteiger partial charge on any atom is -0.396 e. The standard InChI is InChI=1S/C12H8N6S2/c13-8-6(1-2-7-9(8)18-5-19-7)20-12-10-11(15-3-14-10)16-4-17-12/h1-5H,13H2,(H,14,15,16,17). The number of rotatable bonds is 2. The molecule has 8 heteroatoms. The number of aromatic amines is 1. The summed E-state index contributed by atoms with van der Waals surface area (Å²) in [6.45, 7) is 0. The Kier molecular flexibility index (Phi) is 2.57. The van der Waals surface area contributed by atoms with Crippen LogP contribution in [0.5, 0.6) is 0 Å². The number of H-pyrrole nitrogens is 1. The SMILES string of the molecule is Nc1c(Sc2ncnc3nc[nH]c23)ccc2scnc12. The molecule has 0 unspecified atom stereocenters. The van der Waals surface area contributed by atoms with Gasteiger partial charge in [-0.1, -0.05) is 11.8 Å². The molecule has 0 saturated carbocycles. The van der Waals surface area contributed by atoms with Crippen LogP contribution in [0.2, 0.25) is 0 Å². The second-order valence-corrected chi connectivity index (χ2v) is 5.98. The molecule has 0 spiro atoms. The molecule has 0 amide bonds. The Morgan fingerprint density at radius 3 is 3.05 bits per heavy atom. The number of thiazole rings is 1. The highest BCUT2D eigenvalue weighted by Gasteiger charge is 2.12. The van der Waals surface area contributed by atoms with Gasteiger partial charge in [-0.2, -0.15) is 0 Å². The molecular formula is C12H8N6S2. The van der Waals surface area contributed by atoms with Crippen LogP contribution in [0.3, 0.4) is 0 Å². The number of benzene rings is 1. The molecule has 4 aromatic rings. The van der Waals surface area contributed by atoms with Crippen LogP contribution in [-0.2, 0) is 0 Å². The number of anilines is 1. The van der Waals surface area contributed by atoms with Crippen molar-refractivity contribution in [1.82, 2.24) is 24.9 Å². The van der Waals surface area contributed by atoms with E-state index in [4.69, 9.17) is 5.73 Å². The van der Waals surface area contributed by atoms with Crippen LogP contribution in [0.1, 0.15) is 0 Å². The number of imidazole rings is 1. The number of nitrogens with zero attached hydrogens (tertiary/aromatic N) is 4. The number of aromatic nitrogens is 5. The second kappa shape index (κ2) is 4.43. The maximum absolute atomic E-state index is 6.18. The maximum Gasteiger partial charge on any atom is 0.181 e. The summed E-state index contributed by atoms with van der Waals surface area (Å²) in [5.74, 6) is 0. The van der Waals surface area contributed by atoms with Crippen molar-refractivity contribution in [2.24, 2.45) is 0 Å². The minimum absolute atomic E-state index is 0.649. The fraction of sp³-hybridized carbons (Fsp3) is 0. The molecule has 3 N–H and O–H groups in total. The van der Waals surface area contributed by atoms with Crippen LogP contribution >= 0.6 is 23.1 Å². The van der Waals surface area contributed by atoms with Crippen molar-refractivity contribution in [2.75, 3.05) is 5.73 Å². The van der Waals surface area contributed by atoms with Crippen molar-refractivity contribution in [3.8, 4) is 0 Å². The van der Waals surface area contributed by atoms with Crippen LogP contribution in [-0.4, -0.2) is 24.9 Å².